The van der Waals surface area contributed by atoms with E-state index < -0.39 is 0 Å². The highest BCUT2D eigenvalue weighted by molar-refractivity contribution is 5.98. The van der Waals surface area contributed by atoms with Gasteiger partial charge in [-0.25, -0.2) is 4.98 Å². The van der Waals surface area contributed by atoms with Gasteiger partial charge in [-0.05, 0) is 32.5 Å². The Kier molecular flexibility index (Phi) is 6.31. The minimum Gasteiger partial charge on any atom is -0.472 e. The maximum Gasteiger partial charge on any atom is 0.259 e. The second-order valence-corrected chi connectivity index (χ2v) is 7.62. The first-order valence-corrected chi connectivity index (χ1v) is 9.74. The smallest absolute Gasteiger partial charge is 0.259 e. The standard InChI is InChI=1S/C22H29N3O3/c1-14-5-7-17(8-6-14)18-9-19-21(24-10-18)28-20(11-23-4)15(2)12-25(22(19)27)16(3)13-26/h5-10,15-16,20,23,26H,11-13H2,1-4H3/t15-,16-,20+/m1/s1. The van der Waals surface area contributed by atoms with Crippen molar-refractivity contribution in [3.8, 4) is 17.0 Å². The molecule has 2 N–H and O–H groups in total. The summed E-state index contributed by atoms with van der Waals surface area (Å²) in [5, 5.41) is 12.8. The molecule has 0 fully saturated rings. The first-order chi connectivity index (χ1) is 13.4. The zero-order valence-electron chi connectivity index (χ0n) is 17.0. The molecule has 1 aliphatic rings. The van der Waals surface area contributed by atoms with Crippen LogP contribution in [-0.4, -0.2) is 59.8 Å². The number of aromatic nitrogens is 1. The Labute approximate surface area is 166 Å². The van der Waals surface area contributed by atoms with Crippen molar-refractivity contribution in [3.05, 3.63) is 47.7 Å². The molecule has 3 atom stereocenters. The van der Waals surface area contributed by atoms with Crippen LogP contribution in [0.25, 0.3) is 11.1 Å². The number of hydrogen-bond acceptors (Lipinski definition) is 5. The largest absolute Gasteiger partial charge is 0.472 e. The van der Waals surface area contributed by atoms with Gasteiger partial charge in [0.25, 0.3) is 5.91 Å². The van der Waals surface area contributed by atoms with Crippen LogP contribution in [0.4, 0.5) is 0 Å². The van der Waals surface area contributed by atoms with Crippen molar-refractivity contribution in [2.45, 2.75) is 32.9 Å². The molecule has 1 aromatic carbocycles. The van der Waals surface area contributed by atoms with E-state index in [9.17, 15) is 9.90 Å². The van der Waals surface area contributed by atoms with Crippen LogP contribution in [0.2, 0.25) is 0 Å². The molecule has 0 saturated carbocycles. The van der Waals surface area contributed by atoms with E-state index in [4.69, 9.17) is 4.74 Å². The average Bonchev–Trinajstić information content (AvgIpc) is 2.70. The SMILES string of the molecule is CNC[C@@H]1Oc2ncc(-c3ccc(C)cc3)cc2C(=O)N([C@H](C)CO)C[C@H]1C. The van der Waals surface area contributed by atoms with Gasteiger partial charge in [0.15, 0.2) is 0 Å². The number of carbonyl (C=O) groups excluding carboxylic acids is 1. The van der Waals surface area contributed by atoms with Crippen LogP contribution >= 0.6 is 0 Å². The van der Waals surface area contributed by atoms with E-state index in [1.54, 1.807) is 11.1 Å². The molecule has 2 aromatic rings. The predicted molar refractivity (Wildman–Crippen MR) is 110 cm³/mol. The molecule has 1 amide bonds. The molecule has 0 aliphatic carbocycles. The molecule has 3 rings (SSSR count). The van der Waals surface area contributed by atoms with E-state index in [0.29, 0.717) is 24.5 Å². The molecule has 150 valence electrons. The lowest BCUT2D eigenvalue weighted by Gasteiger charge is -2.36. The van der Waals surface area contributed by atoms with Gasteiger partial charge in [-0.1, -0.05) is 36.8 Å². The highest BCUT2D eigenvalue weighted by atomic mass is 16.5. The fourth-order valence-electron chi connectivity index (χ4n) is 3.45. The van der Waals surface area contributed by atoms with Gasteiger partial charge in [0, 0.05) is 30.8 Å². The van der Waals surface area contributed by atoms with Crippen LogP contribution in [0.5, 0.6) is 5.88 Å². The molecule has 6 nitrogen and oxygen atoms in total. The molecule has 0 saturated heterocycles. The number of pyridine rings is 1. The Balaban J connectivity index is 2.06. The minimum atomic E-state index is -0.279. The number of benzene rings is 1. The Morgan fingerprint density at radius 2 is 2.04 bits per heavy atom. The lowest BCUT2D eigenvalue weighted by atomic mass is 9.99. The third kappa shape index (κ3) is 4.18. The van der Waals surface area contributed by atoms with E-state index in [-0.39, 0.29) is 30.6 Å². The zero-order chi connectivity index (χ0) is 20.3. The summed E-state index contributed by atoms with van der Waals surface area (Å²) >= 11 is 0. The summed E-state index contributed by atoms with van der Waals surface area (Å²) in [4.78, 5) is 19.5. The molecule has 0 radical (unpaired) electrons. The van der Waals surface area contributed by atoms with Gasteiger partial charge in [0.05, 0.1) is 12.6 Å². The van der Waals surface area contributed by atoms with Crippen LogP contribution in [0, 0.1) is 12.8 Å². The van der Waals surface area contributed by atoms with Crippen molar-refractivity contribution in [1.82, 2.24) is 15.2 Å². The second kappa shape index (κ2) is 8.71. The quantitative estimate of drug-likeness (QED) is 0.830. The lowest BCUT2D eigenvalue weighted by molar-refractivity contribution is 0.0404. The van der Waals surface area contributed by atoms with Crippen LogP contribution in [0.3, 0.4) is 0 Å². The number of carbonyl (C=O) groups is 1. The third-order valence-corrected chi connectivity index (χ3v) is 5.31. The molecule has 1 aliphatic heterocycles. The third-order valence-electron chi connectivity index (χ3n) is 5.31. The van der Waals surface area contributed by atoms with Gasteiger partial charge < -0.3 is 20.1 Å². The highest BCUT2D eigenvalue weighted by Gasteiger charge is 2.33. The predicted octanol–water partition coefficient (Wildman–Crippen LogP) is 2.50. The first kappa shape index (κ1) is 20.3. The number of aliphatic hydroxyl groups is 1. The first-order valence-electron chi connectivity index (χ1n) is 9.74. The molecule has 28 heavy (non-hydrogen) atoms. The maximum absolute atomic E-state index is 13.3. The number of likely N-dealkylation sites (N-methyl/N-ethyl adjacent to an activating group) is 1. The van der Waals surface area contributed by atoms with Crippen molar-refractivity contribution in [2.75, 3.05) is 26.7 Å². The van der Waals surface area contributed by atoms with Gasteiger partial charge in [-0.15, -0.1) is 0 Å². The average molecular weight is 383 g/mol. The minimum absolute atomic E-state index is 0.0869. The molecule has 2 heterocycles. The van der Waals surface area contributed by atoms with Crippen molar-refractivity contribution in [3.63, 3.8) is 0 Å². The molecule has 0 bridgehead atoms. The van der Waals surface area contributed by atoms with Gasteiger partial charge in [-0.2, -0.15) is 0 Å². The number of aliphatic hydroxyl groups excluding tert-OH is 1. The summed E-state index contributed by atoms with van der Waals surface area (Å²) in [7, 11) is 1.88. The number of nitrogens with zero attached hydrogens (tertiary/aromatic N) is 2. The van der Waals surface area contributed by atoms with E-state index in [0.717, 1.165) is 11.1 Å². The molecule has 0 spiro atoms. The highest BCUT2D eigenvalue weighted by Crippen LogP contribution is 2.30. The van der Waals surface area contributed by atoms with Crippen molar-refractivity contribution in [2.24, 2.45) is 5.92 Å². The van der Waals surface area contributed by atoms with Gasteiger partial charge in [-0.3, -0.25) is 4.79 Å². The van der Waals surface area contributed by atoms with Gasteiger partial charge in [0.1, 0.15) is 11.7 Å². The Hall–Kier alpha value is -2.44. The van der Waals surface area contributed by atoms with E-state index in [2.05, 4.69) is 17.2 Å². The summed E-state index contributed by atoms with van der Waals surface area (Å²) in [6.45, 7) is 7.03. The number of fused-ring (bicyclic) bond motifs is 1. The maximum atomic E-state index is 13.3. The lowest BCUT2D eigenvalue weighted by Crippen LogP contribution is -2.49. The second-order valence-electron chi connectivity index (χ2n) is 7.62. The fraction of sp³-hybridized carbons (Fsp3) is 0.455. The molecule has 1 aromatic heterocycles. The van der Waals surface area contributed by atoms with E-state index in [1.807, 2.05) is 51.2 Å². The number of nitrogens with one attached hydrogen (secondary N) is 1. The van der Waals surface area contributed by atoms with Crippen LogP contribution in [0.1, 0.15) is 29.8 Å². The molecule has 0 unspecified atom stereocenters. The zero-order valence-corrected chi connectivity index (χ0v) is 17.0. The van der Waals surface area contributed by atoms with Crippen molar-refractivity contribution in [1.29, 1.82) is 0 Å². The number of rotatable bonds is 5. The summed E-state index contributed by atoms with van der Waals surface area (Å²) in [6, 6.07) is 9.68. The van der Waals surface area contributed by atoms with Crippen molar-refractivity contribution < 1.29 is 14.6 Å². The van der Waals surface area contributed by atoms with Crippen molar-refractivity contribution >= 4 is 5.91 Å². The van der Waals surface area contributed by atoms with Crippen LogP contribution in [-0.2, 0) is 0 Å². The summed E-state index contributed by atoms with van der Waals surface area (Å²) in [5.74, 6) is 0.285. The van der Waals surface area contributed by atoms with Gasteiger partial charge in [0.2, 0.25) is 5.88 Å². The topological polar surface area (TPSA) is 74.7 Å². The Morgan fingerprint density at radius 1 is 1.32 bits per heavy atom. The number of aryl methyl sites for hydroxylation is 1. The van der Waals surface area contributed by atoms with Crippen LogP contribution < -0.4 is 10.1 Å². The monoisotopic (exact) mass is 383 g/mol. The summed E-state index contributed by atoms with van der Waals surface area (Å²) in [5.41, 5.74) is 3.48. The Morgan fingerprint density at radius 3 is 2.68 bits per heavy atom. The number of hydrogen-bond donors (Lipinski definition) is 2. The fourth-order valence-corrected chi connectivity index (χ4v) is 3.45. The molecule has 6 heteroatoms. The summed E-state index contributed by atoms with van der Waals surface area (Å²) < 4.78 is 6.15. The van der Waals surface area contributed by atoms with Gasteiger partial charge >= 0.3 is 0 Å². The van der Waals surface area contributed by atoms with E-state index in [1.165, 1.54) is 5.56 Å². The number of amides is 1. The normalized spacial score (nSPS) is 20.8. The molecular weight excluding hydrogens is 354 g/mol. The van der Waals surface area contributed by atoms with E-state index >= 15 is 0 Å². The number of ether oxygens (including phenoxy) is 1. The Bertz CT molecular complexity index is 822. The molecular formula is C22H29N3O3. The van der Waals surface area contributed by atoms with Crippen LogP contribution in [0.15, 0.2) is 36.5 Å². The summed E-state index contributed by atoms with van der Waals surface area (Å²) in [6.07, 6.45) is 1.63.